The third kappa shape index (κ3) is 1.42. The summed E-state index contributed by atoms with van der Waals surface area (Å²) in [6.07, 6.45) is -0.0781. The number of hydrogen-bond acceptors (Lipinski definition) is 1. The van der Waals surface area contributed by atoms with E-state index < -0.39 is 34.6 Å². The number of methoxy groups -OCH3 is 1. The molecule has 0 aromatic heterocycles. The quantitative estimate of drug-likeness (QED) is 0.412. The van der Waals surface area contributed by atoms with Crippen molar-refractivity contribution in [3.05, 3.63) is 28.8 Å². The first kappa shape index (κ1) is 10.8. The van der Waals surface area contributed by atoms with Crippen LogP contribution in [0.3, 0.4) is 0 Å². The molecule has 1 aromatic carbocycles. The molecule has 0 heterocycles. The molecule has 0 aliphatic carbocycles. The van der Waals surface area contributed by atoms with Gasteiger partial charge >= 0.3 is 0 Å². The van der Waals surface area contributed by atoms with Gasteiger partial charge in [0.1, 0.15) is 0 Å². The van der Waals surface area contributed by atoms with E-state index in [2.05, 4.69) is 4.74 Å². The molecular formula is C9H8F4O. The van der Waals surface area contributed by atoms with Crippen LogP contribution in [0.15, 0.2) is 0 Å². The monoisotopic (exact) mass is 208 g/mol. The lowest BCUT2D eigenvalue weighted by Crippen LogP contribution is -2.05. The lowest BCUT2D eigenvalue weighted by Gasteiger charge is -2.09. The zero-order valence-corrected chi connectivity index (χ0v) is 7.63. The van der Waals surface area contributed by atoms with Crippen molar-refractivity contribution in [3.63, 3.8) is 0 Å². The van der Waals surface area contributed by atoms with E-state index in [0.29, 0.717) is 0 Å². The van der Waals surface area contributed by atoms with Gasteiger partial charge in [-0.2, -0.15) is 4.39 Å². The molecule has 0 aliphatic heterocycles. The zero-order chi connectivity index (χ0) is 10.9. The molecule has 0 spiro atoms. The van der Waals surface area contributed by atoms with E-state index in [1.807, 2.05) is 0 Å². The fourth-order valence-electron chi connectivity index (χ4n) is 1.15. The summed E-state index contributed by atoms with van der Waals surface area (Å²) in [4.78, 5) is 0. The Morgan fingerprint density at radius 1 is 0.929 bits per heavy atom. The molecule has 0 N–H and O–H groups in total. The van der Waals surface area contributed by atoms with E-state index in [1.165, 1.54) is 6.92 Å². The standard InChI is InChI=1S/C9H8F4O/c1-3-4-5(10)7(12)8(13)9(14-2)6(4)11/h3H2,1-2H3. The van der Waals surface area contributed by atoms with Crippen LogP contribution in [0.2, 0.25) is 0 Å². The molecule has 1 rings (SSSR count). The Kier molecular flexibility index (Phi) is 2.98. The van der Waals surface area contributed by atoms with Gasteiger partial charge in [-0.15, -0.1) is 0 Å². The van der Waals surface area contributed by atoms with Crippen molar-refractivity contribution < 1.29 is 22.3 Å². The van der Waals surface area contributed by atoms with Gasteiger partial charge in [0.25, 0.3) is 0 Å². The van der Waals surface area contributed by atoms with Crippen LogP contribution >= 0.6 is 0 Å². The maximum absolute atomic E-state index is 13.2. The first-order chi connectivity index (χ1) is 6.54. The molecule has 0 saturated carbocycles. The molecule has 1 aromatic rings. The van der Waals surface area contributed by atoms with Crippen molar-refractivity contribution in [1.82, 2.24) is 0 Å². The highest BCUT2D eigenvalue weighted by atomic mass is 19.2. The lowest BCUT2D eigenvalue weighted by molar-refractivity contribution is 0.331. The van der Waals surface area contributed by atoms with Crippen molar-refractivity contribution in [2.75, 3.05) is 7.11 Å². The van der Waals surface area contributed by atoms with Crippen LogP contribution in [0.4, 0.5) is 17.6 Å². The lowest BCUT2D eigenvalue weighted by atomic mass is 10.1. The molecule has 0 atom stereocenters. The summed E-state index contributed by atoms with van der Waals surface area (Å²) in [5.74, 6) is -6.92. The molecule has 0 unspecified atom stereocenters. The highest BCUT2D eigenvalue weighted by Crippen LogP contribution is 2.29. The second-order valence-corrected chi connectivity index (χ2v) is 2.62. The molecule has 0 radical (unpaired) electrons. The number of rotatable bonds is 2. The molecular weight excluding hydrogens is 200 g/mol. The third-order valence-corrected chi connectivity index (χ3v) is 1.87. The van der Waals surface area contributed by atoms with Crippen molar-refractivity contribution in [3.8, 4) is 5.75 Å². The minimum atomic E-state index is -1.71. The zero-order valence-electron chi connectivity index (χ0n) is 7.63. The normalized spacial score (nSPS) is 10.4. The molecule has 0 fully saturated rings. The second kappa shape index (κ2) is 3.86. The smallest absolute Gasteiger partial charge is 0.206 e. The molecule has 1 nitrogen and oxygen atoms in total. The van der Waals surface area contributed by atoms with Crippen LogP contribution < -0.4 is 4.74 Å². The summed E-state index contributed by atoms with van der Waals surface area (Å²) in [7, 11) is 0.984. The van der Waals surface area contributed by atoms with Gasteiger partial charge < -0.3 is 4.74 Å². The predicted octanol–water partition coefficient (Wildman–Crippen LogP) is 2.81. The Morgan fingerprint density at radius 3 is 1.93 bits per heavy atom. The Bertz CT molecular complexity index is 331. The largest absolute Gasteiger partial charge is 0.491 e. The van der Waals surface area contributed by atoms with Gasteiger partial charge in [-0.3, -0.25) is 0 Å². The third-order valence-electron chi connectivity index (χ3n) is 1.87. The second-order valence-electron chi connectivity index (χ2n) is 2.62. The summed E-state index contributed by atoms with van der Waals surface area (Å²) in [6.45, 7) is 1.43. The number of hydrogen-bond donors (Lipinski definition) is 0. The van der Waals surface area contributed by atoms with Gasteiger partial charge in [-0.1, -0.05) is 6.92 Å². The van der Waals surface area contributed by atoms with Crippen LogP contribution in [-0.2, 0) is 6.42 Å². The molecule has 0 aliphatic rings. The van der Waals surface area contributed by atoms with Crippen molar-refractivity contribution in [1.29, 1.82) is 0 Å². The van der Waals surface area contributed by atoms with Gasteiger partial charge in [-0.05, 0) is 6.42 Å². The van der Waals surface area contributed by atoms with E-state index in [0.717, 1.165) is 7.11 Å². The highest BCUT2D eigenvalue weighted by Gasteiger charge is 2.24. The maximum Gasteiger partial charge on any atom is 0.206 e. The van der Waals surface area contributed by atoms with Crippen LogP contribution in [0.25, 0.3) is 0 Å². The van der Waals surface area contributed by atoms with E-state index in [4.69, 9.17) is 0 Å². The molecule has 5 heteroatoms. The first-order valence-electron chi connectivity index (χ1n) is 3.93. The fraction of sp³-hybridized carbons (Fsp3) is 0.333. The van der Waals surface area contributed by atoms with Crippen molar-refractivity contribution in [2.24, 2.45) is 0 Å². The Balaban J connectivity index is 3.56. The van der Waals surface area contributed by atoms with Gasteiger partial charge in [0.15, 0.2) is 23.2 Å². The van der Waals surface area contributed by atoms with Gasteiger partial charge in [-0.25, -0.2) is 13.2 Å². The van der Waals surface area contributed by atoms with Crippen LogP contribution in [-0.4, -0.2) is 7.11 Å². The first-order valence-corrected chi connectivity index (χ1v) is 3.93. The van der Waals surface area contributed by atoms with Crippen LogP contribution in [0.5, 0.6) is 5.75 Å². The highest BCUT2D eigenvalue weighted by molar-refractivity contribution is 5.35. The number of benzene rings is 1. The number of ether oxygens (including phenoxy) is 1. The summed E-state index contributed by atoms with van der Waals surface area (Å²) in [5.41, 5.74) is -0.513. The molecule has 78 valence electrons. The molecule has 0 bridgehead atoms. The molecule has 14 heavy (non-hydrogen) atoms. The van der Waals surface area contributed by atoms with E-state index >= 15 is 0 Å². The Morgan fingerprint density at radius 2 is 1.50 bits per heavy atom. The predicted molar refractivity (Wildman–Crippen MR) is 42.2 cm³/mol. The van der Waals surface area contributed by atoms with Crippen LogP contribution in [0, 0.1) is 23.3 Å². The summed E-state index contributed by atoms with van der Waals surface area (Å²) >= 11 is 0. The maximum atomic E-state index is 13.2. The Labute approximate surface area is 78.3 Å². The Hall–Kier alpha value is -1.26. The molecule has 0 saturated heterocycles. The van der Waals surface area contributed by atoms with Crippen molar-refractivity contribution in [2.45, 2.75) is 13.3 Å². The average molecular weight is 208 g/mol. The average Bonchev–Trinajstić information content (AvgIpc) is 2.16. The summed E-state index contributed by atoms with van der Waals surface area (Å²) < 4.78 is 56.1. The van der Waals surface area contributed by atoms with Gasteiger partial charge in [0.2, 0.25) is 5.82 Å². The summed E-state index contributed by atoms with van der Waals surface area (Å²) in [5, 5.41) is 0. The topological polar surface area (TPSA) is 9.23 Å². The SMILES string of the molecule is CCc1c(F)c(F)c(F)c(OC)c1F. The van der Waals surface area contributed by atoms with Crippen LogP contribution in [0.1, 0.15) is 12.5 Å². The fourth-order valence-corrected chi connectivity index (χ4v) is 1.15. The molecule has 0 amide bonds. The van der Waals surface area contributed by atoms with Gasteiger partial charge in [0, 0.05) is 5.56 Å². The minimum absolute atomic E-state index is 0.0781. The number of halogens is 4. The van der Waals surface area contributed by atoms with Crippen molar-refractivity contribution >= 4 is 0 Å². The summed E-state index contributed by atoms with van der Waals surface area (Å²) in [6, 6.07) is 0. The minimum Gasteiger partial charge on any atom is -0.491 e. The van der Waals surface area contributed by atoms with E-state index in [-0.39, 0.29) is 6.42 Å². The van der Waals surface area contributed by atoms with Gasteiger partial charge in [0.05, 0.1) is 7.11 Å². The van der Waals surface area contributed by atoms with E-state index in [9.17, 15) is 17.6 Å². The van der Waals surface area contributed by atoms with E-state index in [1.54, 1.807) is 0 Å².